The Hall–Kier alpha value is -0.560. The summed E-state index contributed by atoms with van der Waals surface area (Å²) in [5.41, 5.74) is -0.667. The lowest BCUT2D eigenvalue weighted by Crippen LogP contribution is -2.29. The second-order valence-corrected chi connectivity index (χ2v) is 4.95. The molecule has 0 aromatic carbocycles. The van der Waals surface area contributed by atoms with Gasteiger partial charge in [-0.1, -0.05) is 45.9 Å². The van der Waals surface area contributed by atoms with E-state index in [1.807, 2.05) is 26.0 Å². The van der Waals surface area contributed by atoms with E-state index in [1.54, 1.807) is 6.08 Å². The van der Waals surface area contributed by atoms with Crippen molar-refractivity contribution in [3.8, 4) is 0 Å². The average Bonchev–Trinajstić information content (AvgIpc) is 1.98. The molecular formula is C12H22O. The van der Waals surface area contributed by atoms with Crippen LogP contribution in [0.2, 0.25) is 0 Å². The number of aliphatic hydroxyl groups is 1. The van der Waals surface area contributed by atoms with E-state index in [0.717, 1.165) is 0 Å². The van der Waals surface area contributed by atoms with E-state index in [-0.39, 0.29) is 11.3 Å². The predicted molar refractivity (Wildman–Crippen MR) is 58.6 cm³/mol. The van der Waals surface area contributed by atoms with Gasteiger partial charge in [0.25, 0.3) is 0 Å². The van der Waals surface area contributed by atoms with Crippen molar-refractivity contribution in [1.82, 2.24) is 0 Å². The number of hydrogen-bond acceptors (Lipinski definition) is 1. The second-order valence-electron chi connectivity index (χ2n) is 4.95. The third-order valence-electron chi connectivity index (χ3n) is 2.20. The molecule has 1 N–H and O–H groups in total. The van der Waals surface area contributed by atoms with Gasteiger partial charge in [-0.25, -0.2) is 0 Å². The van der Waals surface area contributed by atoms with Crippen LogP contribution >= 0.6 is 0 Å². The van der Waals surface area contributed by atoms with Crippen molar-refractivity contribution in [2.24, 2.45) is 11.3 Å². The van der Waals surface area contributed by atoms with Crippen LogP contribution in [-0.4, -0.2) is 10.7 Å². The van der Waals surface area contributed by atoms with Crippen molar-refractivity contribution in [1.29, 1.82) is 0 Å². The van der Waals surface area contributed by atoms with Crippen LogP contribution in [0.1, 0.15) is 34.6 Å². The molecule has 0 aliphatic rings. The van der Waals surface area contributed by atoms with Crippen molar-refractivity contribution < 1.29 is 5.11 Å². The first-order chi connectivity index (χ1) is 5.69. The molecule has 0 fully saturated rings. The van der Waals surface area contributed by atoms with Crippen LogP contribution in [0.25, 0.3) is 0 Å². The van der Waals surface area contributed by atoms with E-state index >= 15 is 0 Å². The summed E-state index contributed by atoms with van der Waals surface area (Å²) in [6.07, 6.45) is 5.67. The zero-order valence-corrected chi connectivity index (χ0v) is 9.46. The summed E-state index contributed by atoms with van der Waals surface area (Å²) in [5, 5.41) is 9.99. The first-order valence-corrected chi connectivity index (χ1v) is 4.74. The van der Waals surface area contributed by atoms with Crippen LogP contribution in [0, 0.1) is 11.3 Å². The fourth-order valence-corrected chi connectivity index (χ4v) is 0.809. The molecule has 0 heterocycles. The number of rotatable bonds is 3. The molecule has 0 saturated heterocycles. The Morgan fingerprint density at radius 1 is 1.15 bits per heavy atom. The fourth-order valence-electron chi connectivity index (χ4n) is 0.809. The van der Waals surface area contributed by atoms with E-state index < -0.39 is 5.60 Å². The maximum Gasteiger partial charge on any atom is 0.0859 e. The predicted octanol–water partition coefficient (Wildman–Crippen LogP) is 3.16. The van der Waals surface area contributed by atoms with Crippen LogP contribution in [-0.2, 0) is 0 Å². The van der Waals surface area contributed by atoms with Crippen LogP contribution in [0.4, 0.5) is 0 Å². The zero-order chi connectivity index (χ0) is 10.7. The summed E-state index contributed by atoms with van der Waals surface area (Å²) < 4.78 is 0. The van der Waals surface area contributed by atoms with Gasteiger partial charge in [-0.15, -0.1) is 6.58 Å². The van der Waals surface area contributed by atoms with Gasteiger partial charge in [-0.2, -0.15) is 0 Å². The van der Waals surface area contributed by atoms with Crippen LogP contribution in [0.15, 0.2) is 24.8 Å². The highest BCUT2D eigenvalue weighted by Gasteiger charge is 2.23. The lowest BCUT2D eigenvalue weighted by Gasteiger charge is -2.25. The number of allylic oxidation sites excluding steroid dienone is 1. The highest BCUT2D eigenvalue weighted by Crippen LogP contribution is 2.23. The van der Waals surface area contributed by atoms with Gasteiger partial charge in [0.2, 0.25) is 0 Å². The first kappa shape index (κ1) is 12.4. The molecule has 0 aromatic heterocycles. The highest BCUT2D eigenvalue weighted by molar-refractivity contribution is 5.08. The Morgan fingerprint density at radius 3 is 1.92 bits per heavy atom. The lowest BCUT2D eigenvalue weighted by atomic mass is 9.87. The number of hydrogen-bond donors (Lipinski definition) is 1. The first-order valence-electron chi connectivity index (χ1n) is 4.74. The molecule has 0 amide bonds. The van der Waals surface area contributed by atoms with E-state index in [1.165, 1.54) is 0 Å². The molecule has 0 aliphatic heterocycles. The third kappa shape index (κ3) is 4.89. The maximum absolute atomic E-state index is 9.99. The summed E-state index contributed by atoms with van der Waals surface area (Å²) in [6.45, 7) is 13.8. The molecule has 76 valence electrons. The average molecular weight is 182 g/mol. The van der Waals surface area contributed by atoms with Gasteiger partial charge in [0.1, 0.15) is 0 Å². The van der Waals surface area contributed by atoms with Gasteiger partial charge < -0.3 is 5.11 Å². The van der Waals surface area contributed by atoms with Crippen LogP contribution in [0.3, 0.4) is 0 Å². The van der Waals surface area contributed by atoms with Crippen molar-refractivity contribution in [2.45, 2.75) is 40.2 Å². The van der Waals surface area contributed by atoms with Crippen molar-refractivity contribution in [3.63, 3.8) is 0 Å². The Balaban J connectivity index is 4.50. The Morgan fingerprint density at radius 2 is 1.62 bits per heavy atom. The van der Waals surface area contributed by atoms with Gasteiger partial charge in [0, 0.05) is 5.92 Å². The van der Waals surface area contributed by atoms with Crippen molar-refractivity contribution in [3.05, 3.63) is 24.8 Å². The van der Waals surface area contributed by atoms with E-state index in [0.29, 0.717) is 0 Å². The van der Waals surface area contributed by atoms with Crippen LogP contribution in [0.5, 0.6) is 0 Å². The normalized spacial score (nSPS) is 19.8. The smallest absolute Gasteiger partial charge is 0.0859 e. The maximum atomic E-state index is 9.99. The molecule has 2 atom stereocenters. The molecule has 1 nitrogen and oxygen atoms in total. The topological polar surface area (TPSA) is 20.2 Å². The van der Waals surface area contributed by atoms with E-state index in [4.69, 9.17) is 0 Å². The summed E-state index contributed by atoms with van der Waals surface area (Å²) in [6, 6.07) is 0. The molecule has 0 saturated carbocycles. The van der Waals surface area contributed by atoms with Gasteiger partial charge in [0.05, 0.1) is 5.60 Å². The molecule has 0 spiro atoms. The van der Waals surface area contributed by atoms with Gasteiger partial charge >= 0.3 is 0 Å². The van der Waals surface area contributed by atoms with E-state index in [9.17, 15) is 5.11 Å². The minimum Gasteiger partial charge on any atom is -0.385 e. The van der Waals surface area contributed by atoms with Gasteiger partial charge in [0.15, 0.2) is 0 Å². The summed E-state index contributed by atoms with van der Waals surface area (Å²) in [5.74, 6) is 0.0751. The molecule has 0 aliphatic carbocycles. The third-order valence-corrected chi connectivity index (χ3v) is 2.20. The van der Waals surface area contributed by atoms with Crippen molar-refractivity contribution in [2.75, 3.05) is 0 Å². The Labute approximate surface area is 82.2 Å². The Kier molecular flexibility index (Phi) is 3.92. The minimum atomic E-state index is -0.783. The van der Waals surface area contributed by atoms with Gasteiger partial charge in [-0.05, 0) is 12.3 Å². The molecule has 13 heavy (non-hydrogen) atoms. The minimum absolute atomic E-state index is 0.0751. The zero-order valence-electron chi connectivity index (χ0n) is 9.46. The molecule has 2 unspecified atom stereocenters. The molecule has 0 aromatic rings. The summed E-state index contributed by atoms with van der Waals surface area (Å²) >= 11 is 0. The SMILES string of the molecule is C=CC(C)C(C)(O)/C=C/C(C)(C)C. The molecular weight excluding hydrogens is 160 g/mol. The lowest BCUT2D eigenvalue weighted by molar-refractivity contribution is 0.0736. The summed E-state index contributed by atoms with van der Waals surface area (Å²) in [4.78, 5) is 0. The molecule has 0 radical (unpaired) electrons. The second kappa shape index (κ2) is 4.10. The highest BCUT2D eigenvalue weighted by atomic mass is 16.3. The Bertz CT molecular complexity index is 194. The molecule has 0 bridgehead atoms. The van der Waals surface area contributed by atoms with Crippen molar-refractivity contribution >= 4 is 0 Å². The quantitative estimate of drug-likeness (QED) is 0.665. The molecule has 1 heteroatoms. The van der Waals surface area contributed by atoms with Crippen LogP contribution < -0.4 is 0 Å². The standard InChI is InChI=1S/C12H22O/c1-7-10(2)12(6,13)9-8-11(3,4)5/h7-10,13H,1H2,2-6H3/b9-8+. The largest absolute Gasteiger partial charge is 0.385 e. The van der Waals surface area contributed by atoms with Gasteiger partial charge in [-0.3, -0.25) is 0 Å². The summed E-state index contributed by atoms with van der Waals surface area (Å²) in [7, 11) is 0. The molecule has 0 rings (SSSR count). The van der Waals surface area contributed by atoms with E-state index in [2.05, 4.69) is 27.4 Å². The fraction of sp³-hybridized carbons (Fsp3) is 0.667. The monoisotopic (exact) mass is 182 g/mol.